The zero-order valence-electron chi connectivity index (χ0n) is 23.5. The summed E-state index contributed by atoms with van der Waals surface area (Å²) in [5.41, 5.74) is 3.29. The van der Waals surface area contributed by atoms with Crippen LogP contribution in [-0.4, -0.2) is 50.5 Å². The molecule has 0 heterocycles. The lowest BCUT2D eigenvalue weighted by atomic mass is 9.87. The van der Waals surface area contributed by atoms with E-state index in [2.05, 4.69) is 26.1 Å². The summed E-state index contributed by atoms with van der Waals surface area (Å²) in [7, 11) is -3.76. The minimum Gasteiger partial charge on any atom is -0.354 e. The van der Waals surface area contributed by atoms with Gasteiger partial charge >= 0.3 is 0 Å². The van der Waals surface area contributed by atoms with Crippen LogP contribution in [-0.2, 0) is 31.6 Å². The van der Waals surface area contributed by atoms with Crippen LogP contribution < -0.4 is 9.62 Å². The Labute approximate surface area is 223 Å². The van der Waals surface area contributed by atoms with E-state index < -0.39 is 28.5 Å². The molecule has 0 saturated carbocycles. The summed E-state index contributed by atoms with van der Waals surface area (Å²) in [6.45, 7) is 14.4. The van der Waals surface area contributed by atoms with Gasteiger partial charge in [-0.25, -0.2) is 8.42 Å². The highest BCUT2D eigenvalue weighted by atomic mass is 32.2. The van der Waals surface area contributed by atoms with Crippen molar-refractivity contribution in [2.24, 2.45) is 5.92 Å². The monoisotopic (exact) mass is 529 g/mol. The number of amides is 2. The minimum absolute atomic E-state index is 0.0910. The van der Waals surface area contributed by atoms with Crippen LogP contribution in [0.15, 0.2) is 48.5 Å². The minimum atomic E-state index is -3.76. The molecule has 2 rings (SSSR count). The second-order valence-electron chi connectivity index (χ2n) is 11.1. The number of sulfonamides is 1. The van der Waals surface area contributed by atoms with Crippen LogP contribution in [0.1, 0.15) is 64.7 Å². The first kappa shape index (κ1) is 30.4. The highest BCUT2D eigenvalue weighted by Gasteiger charge is 2.32. The van der Waals surface area contributed by atoms with Gasteiger partial charge < -0.3 is 10.2 Å². The van der Waals surface area contributed by atoms with Crippen LogP contribution in [0.5, 0.6) is 0 Å². The lowest BCUT2D eigenvalue weighted by molar-refractivity contribution is -0.140. The number of carbonyl (C=O) groups excluding carboxylic acids is 2. The summed E-state index contributed by atoms with van der Waals surface area (Å²) in [4.78, 5) is 28.5. The molecule has 2 amide bonds. The van der Waals surface area contributed by atoms with Gasteiger partial charge in [-0.2, -0.15) is 0 Å². The van der Waals surface area contributed by atoms with E-state index in [1.807, 2.05) is 64.1 Å². The molecule has 0 unspecified atom stereocenters. The number of carbonyl (C=O) groups is 2. The third-order valence-corrected chi connectivity index (χ3v) is 7.51. The lowest BCUT2D eigenvalue weighted by Crippen LogP contribution is -2.52. The van der Waals surface area contributed by atoms with Crippen molar-refractivity contribution in [3.05, 3.63) is 65.2 Å². The zero-order chi connectivity index (χ0) is 28.0. The predicted octanol–water partition coefficient (Wildman–Crippen LogP) is 4.64. The normalized spacial score (nSPS) is 12.8. The maximum Gasteiger partial charge on any atom is 0.244 e. The molecule has 0 spiro atoms. The Bertz CT molecular complexity index is 1170. The van der Waals surface area contributed by atoms with Gasteiger partial charge in [0.1, 0.15) is 12.6 Å². The lowest BCUT2D eigenvalue weighted by Gasteiger charge is -2.33. The van der Waals surface area contributed by atoms with Crippen molar-refractivity contribution in [1.29, 1.82) is 0 Å². The van der Waals surface area contributed by atoms with Crippen LogP contribution in [0.2, 0.25) is 0 Å². The van der Waals surface area contributed by atoms with E-state index in [1.165, 1.54) is 4.90 Å². The maximum atomic E-state index is 13.8. The Hall–Kier alpha value is -2.87. The highest BCUT2D eigenvalue weighted by Crippen LogP contribution is 2.26. The van der Waals surface area contributed by atoms with E-state index in [9.17, 15) is 18.0 Å². The number of anilines is 1. The van der Waals surface area contributed by atoms with E-state index in [0.29, 0.717) is 18.7 Å². The fourth-order valence-electron chi connectivity index (χ4n) is 4.05. The number of hydrogen-bond donors (Lipinski definition) is 1. The number of nitrogens with zero attached hydrogens (tertiary/aromatic N) is 2. The predicted molar refractivity (Wildman–Crippen MR) is 151 cm³/mol. The third kappa shape index (κ3) is 8.59. The van der Waals surface area contributed by atoms with Crippen LogP contribution in [0, 0.1) is 12.8 Å². The van der Waals surface area contributed by atoms with Crippen molar-refractivity contribution in [3.63, 3.8) is 0 Å². The average Bonchev–Trinajstić information content (AvgIpc) is 2.80. The molecule has 0 aliphatic carbocycles. The van der Waals surface area contributed by atoms with Crippen molar-refractivity contribution >= 4 is 27.5 Å². The van der Waals surface area contributed by atoms with Crippen LogP contribution in [0.4, 0.5) is 5.69 Å². The van der Waals surface area contributed by atoms with Crippen molar-refractivity contribution < 1.29 is 18.0 Å². The summed E-state index contributed by atoms with van der Waals surface area (Å²) in [6.07, 6.45) is 1.50. The topological polar surface area (TPSA) is 86.8 Å². The van der Waals surface area contributed by atoms with Crippen LogP contribution >= 0.6 is 0 Å². The van der Waals surface area contributed by atoms with E-state index in [1.54, 1.807) is 12.1 Å². The third-order valence-electron chi connectivity index (χ3n) is 6.37. The Morgan fingerprint density at radius 3 is 2.08 bits per heavy atom. The number of rotatable bonds is 11. The molecule has 8 heteroatoms. The molecule has 1 N–H and O–H groups in total. The molecule has 1 atom stereocenters. The SMILES string of the molecule is CC[C@H](C(=O)NCC(C)C)N(Cc1ccccc1C)C(=O)CN(c1ccc(C(C)(C)C)cc1)S(C)(=O)=O. The van der Waals surface area contributed by atoms with Gasteiger partial charge in [0.15, 0.2) is 0 Å². The van der Waals surface area contributed by atoms with Gasteiger partial charge in [0, 0.05) is 13.1 Å². The Morgan fingerprint density at radius 2 is 1.59 bits per heavy atom. The molecule has 0 aromatic heterocycles. The number of benzene rings is 2. The first-order valence-electron chi connectivity index (χ1n) is 12.8. The van der Waals surface area contributed by atoms with Gasteiger partial charge in [0.2, 0.25) is 21.8 Å². The molecule has 0 saturated heterocycles. The van der Waals surface area contributed by atoms with Crippen molar-refractivity contribution in [3.8, 4) is 0 Å². The summed E-state index contributed by atoms with van der Waals surface area (Å²) >= 11 is 0. The second kappa shape index (κ2) is 12.6. The molecule has 7 nitrogen and oxygen atoms in total. The van der Waals surface area contributed by atoms with Crippen LogP contribution in [0.25, 0.3) is 0 Å². The molecule has 37 heavy (non-hydrogen) atoms. The molecule has 2 aromatic rings. The Morgan fingerprint density at radius 1 is 1.00 bits per heavy atom. The highest BCUT2D eigenvalue weighted by molar-refractivity contribution is 7.92. The summed E-state index contributed by atoms with van der Waals surface area (Å²) in [6, 6.07) is 14.2. The molecule has 204 valence electrons. The fourth-order valence-corrected chi connectivity index (χ4v) is 4.90. The molecule has 0 radical (unpaired) electrons. The first-order chi connectivity index (χ1) is 17.1. The Balaban J connectivity index is 2.44. The summed E-state index contributed by atoms with van der Waals surface area (Å²) in [5, 5.41) is 2.94. The van der Waals surface area contributed by atoms with Crippen molar-refractivity contribution in [2.45, 2.75) is 72.9 Å². The number of aryl methyl sites for hydroxylation is 1. The van der Waals surface area contributed by atoms with Gasteiger partial charge in [0.25, 0.3) is 0 Å². The quantitative estimate of drug-likeness (QED) is 0.460. The van der Waals surface area contributed by atoms with Gasteiger partial charge in [-0.15, -0.1) is 0 Å². The molecule has 0 bridgehead atoms. The molecule has 0 fully saturated rings. The summed E-state index contributed by atoms with van der Waals surface area (Å²) < 4.78 is 26.7. The average molecular weight is 530 g/mol. The van der Waals surface area contributed by atoms with E-state index >= 15 is 0 Å². The van der Waals surface area contributed by atoms with E-state index in [-0.39, 0.29) is 23.8 Å². The first-order valence-corrected chi connectivity index (χ1v) is 14.7. The summed E-state index contributed by atoms with van der Waals surface area (Å²) in [5.74, 6) is -0.405. The van der Waals surface area contributed by atoms with E-state index in [0.717, 1.165) is 27.3 Å². The van der Waals surface area contributed by atoms with Crippen molar-refractivity contribution in [1.82, 2.24) is 10.2 Å². The standard InChI is InChI=1S/C29H43N3O4S/c1-9-26(28(34)30-18-21(2)3)31(19-23-13-11-10-12-22(23)4)27(33)20-32(37(8,35)36)25-16-14-24(15-17-25)29(5,6)7/h10-17,21,26H,9,18-20H2,1-8H3,(H,30,34)/t26-/m1/s1. The van der Waals surface area contributed by atoms with Crippen LogP contribution in [0.3, 0.4) is 0 Å². The number of hydrogen-bond acceptors (Lipinski definition) is 4. The van der Waals surface area contributed by atoms with Gasteiger partial charge in [-0.3, -0.25) is 13.9 Å². The Kier molecular flexibility index (Phi) is 10.3. The smallest absolute Gasteiger partial charge is 0.244 e. The molecular weight excluding hydrogens is 486 g/mol. The van der Waals surface area contributed by atoms with Gasteiger partial charge in [-0.05, 0) is 53.5 Å². The zero-order valence-corrected chi connectivity index (χ0v) is 24.4. The van der Waals surface area contributed by atoms with Gasteiger partial charge in [-0.1, -0.05) is 77.9 Å². The molecule has 0 aliphatic rings. The molecule has 2 aromatic carbocycles. The second-order valence-corrected chi connectivity index (χ2v) is 13.0. The molecular formula is C29H43N3O4S. The maximum absolute atomic E-state index is 13.8. The van der Waals surface area contributed by atoms with E-state index in [4.69, 9.17) is 0 Å². The van der Waals surface area contributed by atoms with Crippen molar-refractivity contribution in [2.75, 3.05) is 23.7 Å². The fraction of sp³-hybridized carbons (Fsp3) is 0.517. The molecule has 0 aliphatic heterocycles. The number of nitrogens with one attached hydrogen (secondary N) is 1. The largest absolute Gasteiger partial charge is 0.354 e. The van der Waals surface area contributed by atoms with Gasteiger partial charge in [0.05, 0.1) is 11.9 Å².